The van der Waals surface area contributed by atoms with Gasteiger partial charge in [-0.2, -0.15) is 0 Å². The van der Waals surface area contributed by atoms with Crippen LogP contribution in [0.5, 0.6) is 0 Å². The number of hydrogen-bond donors (Lipinski definition) is 2. The SMILES string of the molecule is Cc1ccc(C(NN)c2ccc(S(C)(=O)=O)cc2)cc1Cl. The van der Waals surface area contributed by atoms with E-state index in [2.05, 4.69) is 5.43 Å². The molecule has 2 rings (SSSR count). The molecule has 0 amide bonds. The summed E-state index contributed by atoms with van der Waals surface area (Å²) in [6.45, 7) is 1.93. The average molecular weight is 325 g/mol. The van der Waals surface area contributed by atoms with Crippen LogP contribution in [0.1, 0.15) is 22.7 Å². The molecule has 2 aromatic rings. The van der Waals surface area contributed by atoms with E-state index in [0.29, 0.717) is 5.02 Å². The molecule has 112 valence electrons. The summed E-state index contributed by atoms with van der Waals surface area (Å²) < 4.78 is 23.0. The highest BCUT2D eigenvalue weighted by atomic mass is 35.5. The van der Waals surface area contributed by atoms with Gasteiger partial charge < -0.3 is 0 Å². The number of benzene rings is 2. The van der Waals surface area contributed by atoms with Crippen molar-refractivity contribution in [2.24, 2.45) is 5.84 Å². The van der Waals surface area contributed by atoms with Gasteiger partial charge in [0.1, 0.15) is 0 Å². The van der Waals surface area contributed by atoms with Gasteiger partial charge in [0.2, 0.25) is 0 Å². The molecular weight excluding hydrogens is 308 g/mol. The molecule has 6 heteroatoms. The van der Waals surface area contributed by atoms with E-state index in [-0.39, 0.29) is 10.9 Å². The van der Waals surface area contributed by atoms with Crippen LogP contribution in [0.3, 0.4) is 0 Å². The molecule has 0 radical (unpaired) electrons. The summed E-state index contributed by atoms with van der Waals surface area (Å²) in [5.41, 5.74) is 5.50. The van der Waals surface area contributed by atoms with E-state index in [9.17, 15) is 8.42 Å². The first kappa shape index (κ1) is 16.0. The highest BCUT2D eigenvalue weighted by Gasteiger charge is 2.15. The third-order valence-electron chi connectivity index (χ3n) is 3.34. The standard InChI is InChI=1S/C15H17ClN2O2S/c1-10-3-4-12(9-14(10)16)15(18-17)11-5-7-13(8-6-11)21(2,19)20/h3-9,15,18H,17H2,1-2H3. The molecule has 0 aliphatic rings. The molecule has 0 saturated heterocycles. The zero-order valence-corrected chi connectivity index (χ0v) is 13.4. The first-order valence-corrected chi connectivity index (χ1v) is 8.62. The Kier molecular flexibility index (Phi) is 4.68. The van der Waals surface area contributed by atoms with Crippen LogP contribution in [0.4, 0.5) is 0 Å². The van der Waals surface area contributed by atoms with Gasteiger partial charge >= 0.3 is 0 Å². The number of sulfone groups is 1. The molecule has 21 heavy (non-hydrogen) atoms. The van der Waals surface area contributed by atoms with Crippen LogP contribution in [0.15, 0.2) is 47.4 Å². The van der Waals surface area contributed by atoms with Crippen molar-refractivity contribution in [3.8, 4) is 0 Å². The second kappa shape index (κ2) is 6.15. The van der Waals surface area contributed by atoms with Gasteiger partial charge in [0.05, 0.1) is 10.9 Å². The molecular formula is C15H17ClN2O2S. The molecule has 1 unspecified atom stereocenters. The lowest BCUT2D eigenvalue weighted by molar-refractivity contribution is 0.601. The lowest BCUT2D eigenvalue weighted by Crippen LogP contribution is -2.28. The van der Waals surface area contributed by atoms with Crippen molar-refractivity contribution in [2.75, 3.05) is 6.26 Å². The van der Waals surface area contributed by atoms with Gasteiger partial charge in [-0.05, 0) is 41.8 Å². The molecule has 4 nitrogen and oxygen atoms in total. The minimum Gasteiger partial charge on any atom is -0.271 e. The van der Waals surface area contributed by atoms with Gasteiger partial charge in [-0.25, -0.2) is 13.8 Å². The fourth-order valence-electron chi connectivity index (χ4n) is 2.08. The Morgan fingerprint density at radius 3 is 2.14 bits per heavy atom. The van der Waals surface area contributed by atoms with Crippen LogP contribution < -0.4 is 11.3 Å². The predicted octanol–water partition coefficient (Wildman–Crippen LogP) is 2.60. The molecule has 0 spiro atoms. The summed E-state index contributed by atoms with van der Waals surface area (Å²) in [7, 11) is -3.20. The summed E-state index contributed by atoms with van der Waals surface area (Å²) in [6, 6.07) is 12.1. The smallest absolute Gasteiger partial charge is 0.175 e. The Morgan fingerprint density at radius 2 is 1.67 bits per heavy atom. The zero-order chi connectivity index (χ0) is 15.6. The Morgan fingerprint density at radius 1 is 1.10 bits per heavy atom. The van der Waals surface area contributed by atoms with E-state index in [1.54, 1.807) is 24.3 Å². The zero-order valence-electron chi connectivity index (χ0n) is 11.8. The second-order valence-corrected chi connectivity index (χ2v) is 7.37. The van der Waals surface area contributed by atoms with Crippen LogP contribution in [0, 0.1) is 6.92 Å². The summed E-state index contributed by atoms with van der Waals surface area (Å²) in [4.78, 5) is 0.281. The molecule has 0 heterocycles. The maximum atomic E-state index is 11.5. The van der Waals surface area contributed by atoms with E-state index in [1.807, 2.05) is 25.1 Å². The van der Waals surface area contributed by atoms with Crippen molar-refractivity contribution in [3.05, 3.63) is 64.2 Å². The Labute approximate surface area is 129 Å². The van der Waals surface area contributed by atoms with Crippen LogP contribution >= 0.6 is 11.6 Å². The fourth-order valence-corrected chi connectivity index (χ4v) is 2.90. The van der Waals surface area contributed by atoms with Gasteiger partial charge in [0.15, 0.2) is 9.84 Å². The Balaban J connectivity index is 2.39. The summed E-state index contributed by atoms with van der Waals surface area (Å²) >= 11 is 6.14. The highest BCUT2D eigenvalue weighted by Crippen LogP contribution is 2.26. The van der Waals surface area contributed by atoms with Gasteiger partial charge in [0.25, 0.3) is 0 Å². The number of nitrogens with one attached hydrogen (secondary N) is 1. The van der Waals surface area contributed by atoms with Gasteiger partial charge in [-0.1, -0.05) is 35.9 Å². The number of aryl methyl sites for hydroxylation is 1. The summed E-state index contributed by atoms with van der Waals surface area (Å²) in [5, 5.41) is 0.667. The van der Waals surface area contributed by atoms with Crippen molar-refractivity contribution < 1.29 is 8.42 Å². The van der Waals surface area contributed by atoms with E-state index >= 15 is 0 Å². The van der Waals surface area contributed by atoms with Crippen molar-refractivity contribution in [1.29, 1.82) is 0 Å². The normalized spacial score (nSPS) is 13.1. The van der Waals surface area contributed by atoms with Gasteiger partial charge in [0, 0.05) is 11.3 Å². The average Bonchev–Trinajstić information content (AvgIpc) is 2.43. The van der Waals surface area contributed by atoms with Crippen LogP contribution in [0.2, 0.25) is 5.02 Å². The number of hydrazine groups is 1. The predicted molar refractivity (Wildman–Crippen MR) is 84.9 cm³/mol. The minimum absolute atomic E-state index is 0.253. The topological polar surface area (TPSA) is 72.2 Å². The first-order valence-electron chi connectivity index (χ1n) is 6.35. The Hall–Kier alpha value is -1.40. The van der Waals surface area contributed by atoms with E-state index in [0.717, 1.165) is 16.7 Å². The second-order valence-electron chi connectivity index (χ2n) is 4.95. The lowest BCUT2D eigenvalue weighted by Gasteiger charge is -2.18. The van der Waals surface area contributed by atoms with E-state index in [4.69, 9.17) is 17.4 Å². The minimum atomic E-state index is -3.20. The molecule has 0 aliphatic carbocycles. The number of hydrogen-bond acceptors (Lipinski definition) is 4. The van der Waals surface area contributed by atoms with Gasteiger partial charge in [-0.3, -0.25) is 5.84 Å². The maximum absolute atomic E-state index is 11.5. The van der Waals surface area contributed by atoms with Crippen molar-refractivity contribution in [1.82, 2.24) is 5.43 Å². The fraction of sp³-hybridized carbons (Fsp3) is 0.200. The summed E-state index contributed by atoms with van der Waals surface area (Å²) in [6.07, 6.45) is 1.18. The lowest BCUT2D eigenvalue weighted by atomic mass is 9.98. The van der Waals surface area contributed by atoms with E-state index in [1.165, 1.54) is 6.26 Å². The van der Waals surface area contributed by atoms with Crippen molar-refractivity contribution in [2.45, 2.75) is 17.9 Å². The third kappa shape index (κ3) is 3.63. The van der Waals surface area contributed by atoms with Crippen LogP contribution in [-0.2, 0) is 9.84 Å². The Bertz CT molecular complexity index is 743. The monoisotopic (exact) mass is 324 g/mol. The first-order chi connectivity index (χ1) is 9.82. The number of rotatable bonds is 4. The highest BCUT2D eigenvalue weighted by molar-refractivity contribution is 7.90. The molecule has 3 N–H and O–H groups in total. The molecule has 0 fully saturated rings. The quantitative estimate of drug-likeness (QED) is 0.670. The van der Waals surface area contributed by atoms with Crippen molar-refractivity contribution in [3.63, 3.8) is 0 Å². The largest absolute Gasteiger partial charge is 0.271 e. The molecule has 0 bridgehead atoms. The molecule has 0 saturated carbocycles. The number of halogens is 1. The third-order valence-corrected chi connectivity index (χ3v) is 4.87. The maximum Gasteiger partial charge on any atom is 0.175 e. The van der Waals surface area contributed by atoms with Gasteiger partial charge in [-0.15, -0.1) is 0 Å². The molecule has 0 aliphatic heterocycles. The van der Waals surface area contributed by atoms with Crippen molar-refractivity contribution >= 4 is 21.4 Å². The van der Waals surface area contributed by atoms with Crippen LogP contribution in [-0.4, -0.2) is 14.7 Å². The van der Waals surface area contributed by atoms with Crippen LogP contribution in [0.25, 0.3) is 0 Å². The van der Waals surface area contributed by atoms with E-state index < -0.39 is 9.84 Å². The number of nitrogens with two attached hydrogens (primary N) is 1. The summed E-state index contributed by atoms with van der Waals surface area (Å²) in [5.74, 6) is 5.64. The molecule has 1 atom stereocenters. The molecule has 2 aromatic carbocycles. The molecule has 0 aromatic heterocycles.